The molecule has 2 N–H and O–H groups in total. The summed E-state index contributed by atoms with van der Waals surface area (Å²) in [6, 6.07) is 6.98. The molecule has 0 saturated carbocycles. The Bertz CT molecular complexity index is 532. The molecule has 0 aliphatic carbocycles. The van der Waals surface area contributed by atoms with Gasteiger partial charge in [0.05, 0.1) is 18.9 Å². The molecular weight excluding hydrogens is 308 g/mol. The molecule has 2 amide bonds. The Kier molecular flexibility index (Phi) is 6.84. The molecule has 134 valence electrons. The predicted molar refractivity (Wildman–Crippen MR) is 94.6 cm³/mol. The summed E-state index contributed by atoms with van der Waals surface area (Å²) in [7, 11) is 5.34. The highest BCUT2D eigenvalue weighted by molar-refractivity contribution is 5.90. The highest BCUT2D eigenvalue weighted by atomic mass is 16.5. The van der Waals surface area contributed by atoms with Crippen LogP contribution in [0.5, 0.6) is 5.75 Å². The van der Waals surface area contributed by atoms with Crippen molar-refractivity contribution in [2.75, 3.05) is 65.8 Å². The van der Waals surface area contributed by atoms with Gasteiger partial charge in [-0.3, -0.25) is 4.90 Å². The van der Waals surface area contributed by atoms with Crippen molar-refractivity contribution in [2.24, 2.45) is 0 Å². The molecule has 1 saturated heterocycles. The first kappa shape index (κ1) is 18.5. The maximum atomic E-state index is 12.3. The molecule has 0 spiro atoms. The number of para-hydroxylation sites is 2. The molecule has 0 bridgehead atoms. The van der Waals surface area contributed by atoms with Gasteiger partial charge in [-0.2, -0.15) is 0 Å². The van der Waals surface area contributed by atoms with Gasteiger partial charge in [-0.25, -0.2) is 4.79 Å². The van der Waals surface area contributed by atoms with Crippen LogP contribution in [-0.2, 0) is 0 Å². The van der Waals surface area contributed by atoms with Gasteiger partial charge in [0.1, 0.15) is 5.75 Å². The summed E-state index contributed by atoms with van der Waals surface area (Å²) in [6.07, 6.45) is -0.568. The van der Waals surface area contributed by atoms with Gasteiger partial charge in [0.15, 0.2) is 0 Å². The highest BCUT2D eigenvalue weighted by Gasteiger charge is 2.20. The molecule has 1 unspecified atom stereocenters. The Morgan fingerprint density at radius 1 is 1.33 bits per heavy atom. The number of piperazine rings is 1. The zero-order valence-corrected chi connectivity index (χ0v) is 14.7. The lowest BCUT2D eigenvalue weighted by Crippen LogP contribution is -2.49. The highest BCUT2D eigenvalue weighted by Crippen LogP contribution is 2.23. The van der Waals surface area contributed by atoms with E-state index in [-0.39, 0.29) is 12.6 Å². The molecule has 24 heavy (non-hydrogen) atoms. The second-order valence-corrected chi connectivity index (χ2v) is 6.27. The van der Waals surface area contributed by atoms with E-state index in [1.807, 2.05) is 12.1 Å². The quantitative estimate of drug-likeness (QED) is 0.803. The summed E-state index contributed by atoms with van der Waals surface area (Å²) in [5.74, 6) is 0.609. The third-order valence-corrected chi connectivity index (χ3v) is 4.24. The van der Waals surface area contributed by atoms with Gasteiger partial charge in [-0.1, -0.05) is 12.1 Å². The number of aliphatic hydroxyl groups is 1. The van der Waals surface area contributed by atoms with Crippen LogP contribution in [0.15, 0.2) is 24.3 Å². The molecule has 1 aromatic carbocycles. The van der Waals surface area contributed by atoms with E-state index in [9.17, 15) is 9.90 Å². The number of nitrogens with zero attached hydrogens (tertiary/aromatic N) is 3. The van der Waals surface area contributed by atoms with E-state index >= 15 is 0 Å². The van der Waals surface area contributed by atoms with E-state index < -0.39 is 6.10 Å². The van der Waals surface area contributed by atoms with E-state index in [1.165, 1.54) is 4.90 Å². The lowest BCUT2D eigenvalue weighted by atomic mass is 10.2. The number of amides is 2. The number of benzene rings is 1. The van der Waals surface area contributed by atoms with Crippen LogP contribution in [0, 0.1) is 0 Å². The Hall–Kier alpha value is -1.83. The topological polar surface area (TPSA) is 68.3 Å². The fourth-order valence-corrected chi connectivity index (χ4v) is 2.74. The number of hydrogen-bond acceptors (Lipinski definition) is 5. The van der Waals surface area contributed by atoms with E-state index in [2.05, 4.69) is 22.2 Å². The van der Waals surface area contributed by atoms with Gasteiger partial charge < -0.3 is 25.0 Å². The minimum Gasteiger partial charge on any atom is -0.495 e. The smallest absolute Gasteiger partial charge is 0.321 e. The Labute approximate surface area is 143 Å². The number of methoxy groups -OCH3 is 1. The van der Waals surface area contributed by atoms with E-state index in [0.717, 1.165) is 26.2 Å². The van der Waals surface area contributed by atoms with Crippen LogP contribution in [0.1, 0.15) is 0 Å². The van der Waals surface area contributed by atoms with Gasteiger partial charge >= 0.3 is 6.03 Å². The second-order valence-electron chi connectivity index (χ2n) is 6.27. The van der Waals surface area contributed by atoms with Crippen molar-refractivity contribution < 1.29 is 14.6 Å². The van der Waals surface area contributed by atoms with Crippen molar-refractivity contribution >= 4 is 11.7 Å². The monoisotopic (exact) mass is 336 g/mol. The number of β-amino-alcohol motifs (C(OH)–C–C–N with tert-alkyl or cyclic N) is 1. The van der Waals surface area contributed by atoms with E-state index in [1.54, 1.807) is 26.3 Å². The zero-order valence-electron chi connectivity index (χ0n) is 14.7. The first-order chi connectivity index (χ1) is 11.5. The van der Waals surface area contributed by atoms with E-state index in [0.29, 0.717) is 18.0 Å². The minimum absolute atomic E-state index is 0.267. The molecule has 1 atom stereocenters. The lowest BCUT2D eigenvalue weighted by Gasteiger charge is -2.34. The van der Waals surface area contributed by atoms with Crippen LogP contribution in [0.3, 0.4) is 0 Å². The Morgan fingerprint density at radius 3 is 2.67 bits per heavy atom. The number of urea groups is 1. The van der Waals surface area contributed by atoms with Crippen molar-refractivity contribution in [3.8, 4) is 5.75 Å². The molecule has 0 radical (unpaired) electrons. The Balaban J connectivity index is 1.80. The van der Waals surface area contributed by atoms with Crippen LogP contribution in [0.2, 0.25) is 0 Å². The standard InChI is InChI=1S/C17H28N4O3/c1-19-8-10-21(11-9-19)13-14(22)12-20(2)17(23)18-15-6-4-5-7-16(15)24-3/h4-7,14,22H,8-13H2,1-3H3,(H,18,23). The number of aliphatic hydroxyl groups excluding tert-OH is 1. The molecule has 1 aliphatic heterocycles. The summed E-state index contributed by atoms with van der Waals surface area (Å²) in [5, 5.41) is 13.1. The molecule has 1 aromatic rings. The largest absolute Gasteiger partial charge is 0.495 e. The van der Waals surface area contributed by atoms with Gasteiger partial charge in [-0.05, 0) is 19.2 Å². The average molecular weight is 336 g/mol. The van der Waals surface area contributed by atoms with Crippen molar-refractivity contribution in [1.29, 1.82) is 0 Å². The number of hydrogen-bond donors (Lipinski definition) is 2. The van der Waals surface area contributed by atoms with Crippen LogP contribution >= 0.6 is 0 Å². The molecule has 1 fully saturated rings. The normalized spacial score (nSPS) is 17.3. The summed E-state index contributed by atoms with van der Waals surface area (Å²) >= 11 is 0. The molecule has 7 heteroatoms. The van der Waals surface area contributed by atoms with Gasteiger partial charge in [-0.15, -0.1) is 0 Å². The SMILES string of the molecule is COc1ccccc1NC(=O)N(C)CC(O)CN1CCN(C)CC1. The third-order valence-electron chi connectivity index (χ3n) is 4.24. The average Bonchev–Trinajstić information content (AvgIpc) is 2.57. The molecule has 7 nitrogen and oxygen atoms in total. The molecular formula is C17H28N4O3. The number of ether oxygens (including phenoxy) is 1. The van der Waals surface area contributed by atoms with Crippen molar-refractivity contribution in [3.63, 3.8) is 0 Å². The number of carbonyl (C=O) groups excluding carboxylic acids is 1. The van der Waals surface area contributed by atoms with E-state index in [4.69, 9.17) is 4.74 Å². The Morgan fingerprint density at radius 2 is 2.00 bits per heavy atom. The van der Waals surface area contributed by atoms with Crippen LogP contribution in [0.25, 0.3) is 0 Å². The number of rotatable bonds is 6. The maximum absolute atomic E-state index is 12.3. The zero-order chi connectivity index (χ0) is 17.5. The number of nitrogens with one attached hydrogen (secondary N) is 1. The first-order valence-corrected chi connectivity index (χ1v) is 8.23. The van der Waals surface area contributed by atoms with Crippen LogP contribution in [0.4, 0.5) is 10.5 Å². The third kappa shape index (κ3) is 5.36. The van der Waals surface area contributed by atoms with Crippen LogP contribution in [-0.4, -0.2) is 92.4 Å². The fourth-order valence-electron chi connectivity index (χ4n) is 2.74. The van der Waals surface area contributed by atoms with Gasteiger partial charge in [0, 0.05) is 46.3 Å². The number of carbonyl (C=O) groups is 1. The predicted octanol–water partition coefficient (Wildman–Crippen LogP) is 0.767. The lowest BCUT2D eigenvalue weighted by molar-refractivity contribution is 0.0670. The van der Waals surface area contributed by atoms with Gasteiger partial charge in [0.25, 0.3) is 0 Å². The van der Waals surface area contributed by atoms with Crippen molar-refractivity contribution in [1.82, 2.24) is 14.7 Å². The first-order valence-electron chi connectivity index (χ1n) is 8.23. The molecule has 1 heterocycles. The molecule has 2 rings (SSSR count). The summed E-state index contributed by atoms with van der Waals surface area (Å²) in [6.45, 7) is 4.79. The van der Waals surface area contributed by atoms with Crippen molar-refractivity contribution in [2.45, 2.75) is 6.10 Å². The minimum atomic E-state index is -0.568. The van der Waals surface area contributed by atoms with Crippen LogP contribution < -0.4 is 10.1 Å². The molecule has 0 aromatic heterocycles. The summed E-state index contributed by atoms with van der Waals surface area (Å²) in [5.41, 5.74) is 0.616. The van der Waals surface area contributed by atoms with Crippen molar-refractivity contribution in [3.05, 3.63) is 24.3 Å². The maximum Gasteiger partial charge on any atom is 0.321 e. The second kappa shape index (κ2) is 8.86. The number of likely N-dealkylation sites (N-methyl/N-ethyl adjacent to an activating group) is 2. The molecule has 1 aliphatic rings. The fraction of sp³-hybridized carbons (Fsp3) is 0.588. The van der Waals surface area contributed by atoms with Gasteiger partial charge in [0.2, 0.25) is 0 Å². The summed E-state index contributed by atoms with van der Waals surface area (Å²) in [4.78, 5) is 18.3. The number of anilines is 1. The summed E-state index contributed by atoms with van der Waals surface area (Å²) < 4.78 is 5.22.